The molecular weight excluding hydrogens is 480 g/mol. The van der Waals surface area contributed by atoms with Crippen LogP contribution >= 0.6 is 15.9 Å². The number of rotatable bonds is 7. The summed E-state index contributed by atoms with van der Waals surface area (Å²) in [5.74, 6) is -2.60. The van der Waals surface area contributed by atoms with Crippen LogP contribution in [0.4, 0.5) is 0 Å². The topological polar surface area (TPSA) is 105 Å². The number of likely N-dealkylation sites (tertiary alicyclic amines) is 1. The maximum Gasteiger partial charge on any atom is 0.312 e. The third-order valence-corrected chi connectivity index (χ3v) is 8.64. The van der Waals surface area contributed by atoms with Crippen molar-refractivity contribution < 1.29 is 29.0 Å². The van der Waals surface area contributed by atoms with E-state index in [9.17, 15) is 19.5 Å². The summed E-state index contributed by atoms with van der Waals surface area (Å²) in [5.41, 5.74) is -1.10. The Morgan fingerprint density at radius 2 is 2.00 bits per heavy atom. The lowest BCUT2D eigenvalue weighted by molar-refractivity contribution is -0.155. The molecule has 3 saturated heterocycles. The summed E-state index contributed by atoms with van der Waals surface area (Å²) < 4.78 is 11.7. The van der Waals surface area contributed by atoms with Crippen molar-refractivity contribution >= 4 is 33.7 Å². The van der Waals surface area contributed by atoms with Crippen molar-refractivity contribution in [3.63, 3.8) is 0 Å². The highest BCUT2D eigenvalue weighted by molar-refractivity contribution is 9.09. The number of hydrogen-bond acceptors (Lipinski definition) is 6. The standard InChI is InChI=1S/C23H35BrN2O6/c1-4-31-22(30)16-17-21(29)26(15(11-27)12(2)3)19(23(17)10-14(24)18(16)32-23)20(28)25-13-8-6-5-7-9-13/h12-19,27H,4-11H2,1-3H3,(H,25,28)/t14?,15-,16+,17-,18+,19?,23?/m0/s1. The van der Waals surface area contributed by atoms with Crippen molar-refractivity contribution in [1.82, 2.24) is 10.2 Å². The van der Waals surface area contributed by atoms with E-state index < -0.39 is 41.6 Å². The molecule has 3 heterocycles. The second-order valence-electron chi connectivity index (χ2n) is 10.00. The molecule has 8 nitrogen and oxygen atoms in total. The van der Waals surface area contributed by atoms with Crippen LogP contribution in [0.15, 0.2) is 0 Å². The van der Waals surface area contributed by atoms with Gasteiger partial charge in [0.05, 0.1) is 37.2 Å². The normalized spacial score (nSPS) is 37.6. The van der Waals surface area contributed by atoms with Gasteiger partial charge < -0.3 is 24.8 Å². The van der Waals surface area contributed by atoms with Gasteiger partial charge in [-0.05, 0) is 32.1 Å². The number of amides is 2. The van der Waals surface area contributed by atoms with E-state index in [1.54, 1.807) is 6.92 Å². The van der Waals surface area contributed by atoms with Gasteiger partial charge in [-0.15, -0.1) is 0 Å². The number of hydrogen-bond donors (Lipinski definition) is 2. The number of aliphatic hydroxyl groups excluding tert-OH is 1. The highest BCUT2D eigenvalue weighted by Gasteiger charge is 2.77. The Labute approximate surface area is 197 Å². The minimum Gasteiger partial charge on any atom is -0.466 e. The zero-order valence-electron chi connectivity index (χ0n) is 19.1. The van der Waals surface area contributed by atoms with Crippen molar-refractivity contribution in [2.45, 2.75) is 94.0 Å². The second kappa shape index (κ2) is 9.22. The highest BCUT2D eigenvalue weighted by Crippen LogP contribution is 2.60. The fourth-order valence-electron chi connectivity index (χ4n) is 6.38. The Morgan fingerprint density at radius 3 is 2.59 bits per heavy atom. The van der Waals surface area contributed by atoms with Gasteiger partial charge in [0.1, 0.15) is 11.6 Å². The monoisotopic (exact) mass is 514 g/mol. The number of esters is 1. The Morgan fingerprint density at radius 1 is 1.31 bits per heavy atom. The number of carbonyl (C=O) groups is 3. The van der Waals surface area contributed by atoms with Gasteiger partial charge in [-0.1, -0.05) is 49.0 Å². The molecule has 180 valence electrons. The van der Waals surface area contributed by atoms with Gasteiger partial charge >= 0.3 is 5.97 Å². The van der Waals surface area contributed by atoms with E-state index in [0.717, 1.165) is 25.7 Å². The van der Waals surface area contributed by atoms with E-state index in [1.165, 1.54) is 11.3 Å². The zero-order valence-corrected chi connectivity index (χ0v) is 20.7. The van der Waals surface area contributed by atoms with Crippen LogP contribution in [-0.2, 0) is 23.9 Å². The van der Waals surface area contributed by atoms with Crippen molar-refractivity contribution in [2.24, 2.45) is 17.8 Å². The van der Waals surface area contributed by atoms with Crippen molar-refractivity contribution in [3.8, 4) is 0 Å². The molecule has 2 bridgehead atoms. The molecule has 4 fully saturated rings. The number of nitrogens with zero attached hydrogens (tertiary/aromatic N) is 1. The predicted molar refractivity (Wildman–Crippen MR) is 120 cm³/mol. The maximum absolute atomic E-state index is 13.8. The van der Waals surface area contributed by atoms with Gasteiger partial charge in [0.2, 0.25) is 11.8 Å². The number of ether oxygens (including phenoxy) is 2. The van der Waals surface area contributed by atoms with Crippen LogP contribution in [0.2, 0.25) is 0 Å². The van der Waals surface area contributed by atoms with Gasteiger partial charge in [-0.2, -0.15) is 0 Å². The SMILES string of the molecule is CCOC(=O)[C@H]1[C@@H]2OC3(CC2Br)C(C(=O)NC2CCCCC2)N([C@@H](CO)C(C)C)C(=O)[C@H]13. The van der Waals surface area contributed by atoms with E-state index in [0.29, 0.717) is 6.42 Å². The summed E-state index contributed by atoms with van der Waals surface area (Å²) >= 11 is 3.64. The second-order valence-corrected chi connectivity index (χ2v) is 11.2. The number of alkyl halides is 1. The van der Waals surface area contributed by atoms with Gasteiger partial charge in [0, 0.05) is 10.9 Å². The first-order valence-electron chi connectivity index (χ1n) is 12.0. The Hall–Kier alpha value is -1.19. The number of carbonyl (C=O) groups excluding carboxylic acids is 3. The summed E-state index contributed by atoms with van der Waals surface area (Å²) in [6, 6.07) is -1.34. The smallest absolute Gasteiger partial charge is 0.312 e. The molecule has 9 heteroatoms. The molecule has 0 aromatic heterocycles. The molecule has 32 heavy (non-hydrogen) atoms. The molecule has 0 aromatic rings. The summed E-state index contributed by atoms with van der Waals surface area (Å²) in [6.07, 6.45) is 5.11. The molecular formula is C23H35BrN2O6. The van der Waals surface area contributed by atoms with Gasteiger partial charge in [-0.25, -0.2) is 0 Å². The van der Waals surface area contributed by atoms with Crippen molar-refractivity contribution in [1.29, 1.82) is 0 Å². The average molecular weight is 515 g/mol. The third kappa shape index (κ3) is 3.68. The summed E-state index contributed by atoms with van der Waals surface area (Å²) in [5, 5.41) is 13.3. The van der Waals surface area contributed by atoms with Crippen LogP contribution in [0.3, 0.4) is 0 Å². The van der Waals surface area contributed by atoms with E-state index >= 15 is 0 Å². The zero-order chi connectivity index (χ0) is 23.2. The maximum atomic E-state index is 13.8. The van der Waals surface area contributed by atoms with Crippen LogP contribution in [0.1, 0.15) is 59.3 Å². The number of fused-ring (bicyclic) bond motifs is 1. The molecule has 3 unspecified atom stereocenters. The molecule has 2 N–H and O–H groups in total. The summed E-state index contributed by atoms with van der Waals surface area (Å²) in [7, 11) is 0. The van der Waals surface area contributed by atoms with Gasteiger partial charge in [-0.3, -0.25) is 14.4 Å². The molecule has 2 amide bonds. The van der Waals surface area contributed by atoms with E-state index in [4.69, 9.17) is 9.47 Å². The molecule has 4 aliphatic rings. The molecule has 1 saturated carbocycles. The Bertz CT molecular complexity index is 757. The first-order valence-corrected chi connectivity index (χ1v) is 12.9. The summed E-state index contributed by atoms with van der Waals surface area (Å²) in [4.78, 5) is 41.9. The third-order valence-electron chi connectivity index (χ3n) is 7.80. The van der Waals surface area contributed by atoms with Gasteiger partial charge in [0.25, 0.3) is 0 Å². The largest absolute Gasteiger partial charge is 0.466 e. The minimum atomic E-state index is -1.10. The average Bonchev–Trinajstić information content (AvgIpc) is 3.33. The van der Waals surface area contributed by atoms with E-state index in [2.05, 4.69) is 21.2 Å². The van der Waals surface area contributed by atoms with Crippen LogP contribution < -0.4 is 5.32 Å². The Kier molecular flexibility index (Phi) is 6.90. The lowest BCUT2D eigenvalue weighted by atomic mass is 9.70. The van der Waals surface area contributed by atoms with Gasteiger partial charge in [0.15, 0.2) is 0 Å². The molecule has 1 aliphatic carbocycles. The lowest BCUT2D eigenvalue weighted by Crippen LogP contribution is -2.60. The fourth-order valence-corrected chi connectivity index (χ4v) is 7.32. The van der Waals surface area contributed by atoms with E-state index in [-0.39, 0.29) is 41.8 Å². The lowest BCUT2D eigenvalue weighted by Gasteiger charge is -2.39. The van der Waals surface area contributed by atoms with Crippen LogP contribution in [0, 0.1) is 17.8 Å². The molecule has 7 atom stereocenters. The quantitative estimate of drug-likeness (QED) is 0.396. The fraction of sp³-hybridized carbons (Fsp3) is 0.870. The first-order chi connectivity index (χ1) is 15.3. The first kappa shape index (κ1) is 24.0. The van der Waals surface area contributed by atoms with E-state index in [1.807, 2.05) is 13.8 Å². The molecule has 0 aromatic carbocycles. The molecule has 0 radical (unpaired) electrons. The molecule has 1 spiro atoms. The Balaban J connectivity index is 1.73. The molecule has 3 aliphatic heterocycles. The minimum absolute atomic E-state index is 0.0674. The number of aliphatic hydroxyl groups is 1. The molecule has 4 rings (SSSR count). The van der Waals surface area contributed by atoms with Crippen molar-refractivity contribution in [3.05, 3.63) is 0 Å². The number of nitrogens with one attached hydrogen (secondary N) is 1. The predicted octanol–water partition coefficient (Wildman–Crippen LogP) is 1.76. The highest BCUT2D eigenvalue weighted by atomic mass is 79.9. The van der Waals surface area contributed by atoms with Crippen LogP contribution in [0.25, 0.3) is 0 Å². The number of halogens is 1. The van der Waals surface area contributed by atoms with Crippen molar-refractivity contribution in [2.75, 3.05) is 13.2 Å². The van der Waals surface area contributed by atoms with Crippen LogP contribution in [-0.4, -0.2) is 75.7 Å². The van der Waals surface area contributed by atoms with Crippen LogP contribution in [0.5, 0.6) is 0 Å². The summed E-state index contributed by atoms with van der Waals surface area (Å²) in [6.45, 7) is 5.53.